The summed E-state index contributed by atoms with van der Waals surface area (Å²) in [6, 6.07) is 5.61. The van der Waals surface area contributed by atoms with Crippen LogP contribution in [0.15, 0.2) is 18.2 Å². The van der Waals surface area contributed by atoms with Crippen LogP contribution in [0.4, 0.5) is 10.5 Å². The predicted octanol–water partition coefficient (Wildman–Crippen LogP) is 2.26. The van der Waals surface area contributed by atoms with E-state index >= 15 is 0 Å². The van der Waals surface area contributed by atoms with Gasteiger partial charge in [0.25, 0.3) is 0 Å². The first-order chi connectivity index (χ1) is 10.9. The van der Waals surface area contributed by atoms with E-state index in [-0.39, 0.29) is 25.1 Å². The molecule has 6 nitrogen and oxygen atoms in total. The third-order valence-corrected chi connectivity index (χ3v) is 4.85. The molecule has 6 heteroatoms. The number of carbonyl (C=O) groups is 2. The molecule has 0 unspecified atom stereocenters. The van der Waals surface area contributed by atoms with Gasteiger partial charge >= 0.3 is 12.0 Å². The van der Waals surface area contributed by atoms with E-state index in [9.17, 15) is 14.7 Å². The molecule has 2 amide bonds. The van der Waals surface area contributed by atoms with E-state index in [2.05, 4.69) is 5.32 Å². The Hall–Kier alpha value is -2.08. The van der Waals surface area contributed by atoms with Gasteiger partial charge in [-0.1, -0.05) is 6.07 Å². The summed E-state index contributed by atoms with van der Waals surface area (Å²) < 4.78 is 5.39. The largest absolute Gasteiger partial charge is 0.481 e. The molecule has 1 aromatic carbocycles. The fourth-order valence-corrected chi connectivity index (χ4v) is 3.69. The minimum Gasteiger partial charge on any atom is -0.481 e. The van der Waals surface area contributed by atoms with Crippen molar-refractivity contribution in [3.8, 4) is 0 Å². The fraction of sp³-hybridized carbons (Fsp3) is 0.529. The van der Waals surface area contributed by atoms with Gasteiger partial charge in [-0.05, 0) is 49.4 Å². The van der Waals surface area contributed by atoms with Crippen molar-refractivity contribution in [1.82, 2.24) is 4.90 Å². The predicted molar refractivity (Wildman–Crippen MR) is 85.5 cm³/mol. The van der Waals surface area contributed by atoms with Crippen LogP contribution in [0.2, 0.25) is 0 Å². The standard InChI is InChI=1S/C17H22N2O4/c1-11-5-12(2)7-14(6-11)18-16(22)19-8-13-3-4-23-10-17(13,9-19)15(20)21/h5-7,13H,3-4,8-10H2,1-2H3,(H,18,22)(H,20,21)/t13-,17+/m0/s1. The molecular formula is C17H22N2O4. The third kappa shape index (κ3) is 2.91. The van der Waals surface area contributed by atoms with Crippen LogP contribution in [0.5, 0.6) is 0 Å². The minimum atomic E-state index is -0.960. The van der Waals surface area contributed by atoms with Gasteiger partial charge in [0, 0.05) is 25.4 Å². The Morgan fingerprint density at radius 3 is 2.61 bits per heavy atom. The number of urea groups is 1. The Morgan fingerprint density at radius 1 is 1.30 bits per heavy atom. The van der Waals surface area contributed by atoms with Gasteiger partial charge in [-0.15, -0.1) is 0 Å². The molecule has 2 N–H and O–H groups in total. The van der Waals surface area contributed by atoms with Crippen LogP contribution in [-0.2, 0) is 9.53 Å². The summed E-state index contributed by atoms with van der Waals surface area (Å²) in [4.78, 5) is 25.9. The lowest BCUT2D eigenvalue weighted by molar-refractivity contribution is -0.159. The third-order valence-electron chi connectivity index (χ3n) is 4.85. The summed E-state index contributed by atoms with van der Waals surface area (Å²) in [6.45, 7) is 5.36. The number of carboxylic acid groups (broad SMARTS) is 1. The monoisotopic (exact) mass is 318 g/mol. The Bertz CT molecular complexity index is 625. The van der Waals surface area contributed by atoms with E-state index in [1.807, 2.05) is 32.0 Å². The number of hydrogen-bond acceptors (Lipinski definition) is 3. The number of nitrogens with one attached hydrogen (secondary N) is 1. The lowest BCUT2D eigenvalue weighted by Crippen LogP contribution is -2.46. The van der Waals surface area contributed by atoms with Crippen LogP contribution in [0, 0.1) is 25.2 Å². The number of hydrogen-bond donors (Lipinski definition) is 2. The highest BCUT2D eigenvalue weighted by atomic mass is 16.5. The summed E-state index contributed by atoms with van der Waals surface area (Å²) >= 11 is 0. The van der Waals surface area contributed by atoms with Crippen molar-refractivity contribution < 1.29 is 19.4 Å². The Kier molecular flexibility index (Phi) is 4.02. The normalized spacial score (nSPS) is 26.7. The minimum absolute atomic E-state index is 0.0428. The van der Waals surface area contributed by atoms with E-state index in [1.165, 1.54) is 0 Å². The molecule has 0 spiro atoms. The zero-order chi connectivity index (χ0) is 16.6. The van der Waals surface area contributed by atoms with Crippen molar-refractivity contribution in [2.75, 3.05) is 31.6 Å². The number of aryl methyl sites for hydroxylation is 2. The zero-order valence-corrected chi connectivity index (χ0v) is 13.5. The van der Waals surface area contributed by atoms with Gasteiger partial charge in [0.2, 0.25) is 0 Å². The second-order valence-corrected chi connectivity index (χ2v) is 6.69. The number of aliphatic carboxylic acids is 1. The molecule has 124 valence electrons. The van der Waals surface area contributed by atoms with Gasteiger partial charge in [0.05, 0.1) is 6.61 Å². The molecule has 2 fully saturated rings. The maximum absolute atomic E-state index is 12.5. The highest BCUT2D eigenvalue weighted by molar-refractivity contribution is 5.90. The van der Waals surface area contributed by atoms with Crippen molar-refractivity contribution in [1.29, 1.82) is 0 Å². The Labute approximate surface area is 135 Å². The number of ether oxygens (including phenoxy) is 1. The number of likely N-dealkylation sites (tertiary alicyclic amines) is 1. The number of carbonyl (C=O) groups excluding carboxylic acids is 1. The molecule has 3 rings (SSSR count). The van der Waals surface area contributed by atoms with Crippen molar-refractivity contribution in [3.63, 3.8) is 0 Å². The summed E-state index contributed by atoms with van der Waals surface area (Å²) in [6.07, 6.45) is 0.680. The van der Waals surface area contributed by atoms with E-state index in [0.29, 0.717) is 19.6 Å². The first-order valence-electron chi connectivity index (χ1n) is 7.86. The lowest BCUT2D eigenvalue weighted by atomic mass is 9.76. The molecule has 2 aliphatic rings. The molecule has 2 saturated heterocycles. The molecule has 0 radical (unpaired) electrons. The number of benzene rings is 1. The van der Waals surface area contributed by atoms with Gasteiger partial charge in [-0.2, -0.15) is 0 Å². The summed E-state index contributed by atoms with van der Waals surface area (Å²) in [5.74, 6) is -0.914. The molecule has 2 atom stereocenters. The van der Waals surface area contributed by atoms with Gasteiger partial charge in [-0.3, -0.25) is 4.79 Å². The van der Waals surface area contributed by atoms with Crippen molar-refractivity contribution in [3.05, 3.63) is 29.3 Å². The van der Waals surface area contributed by atoms with Crippen LogP contribution in [-0.4, -0.2) is 48.3 Å². The molecule has 2 aliphatic heterocycles. The van der Waals surface area contributed by atoms with Crippen molar-refractivity contribution >= 4 is 17.7 Å². The number of nitrogens with zero attached hydrogens (tertiary/aromatic N) is 1. The number of carboxylic acids is 1. The first-order valence-corrected chi connectivity index (χ1v) is 7.86. The average molecular weight is 318 g/mol. The van der Waals surface area contributed by atoms with E-state index in [1.54, 1.807) is 4.90 Å². The van der Waals surface area contributed by atoms with Crippen molar-refractivity contribution in [2.24, 2.45) is 11.3 Å². The summed E-state index contributed by atoms with van der Waals surface area (Å²) in [5.41, 5.74) is 1.93. The fourth-order valence-electron chi connectivity index (χ4n) is 3.69. The molecule has 0 bridgehead atoms. The van der Waals surface area contributed by atoms with E-state index in [4.69, 9.17) is 4.74 Å². The molecule has 23 heavy (non-hydrogen) atoms. The van der Waals surface area contributed by atoms with Crippen LogP contribution in [0.3, 0.4) is 0 Å². The molecule has 0 aliphatic carbocycles. The average Bonchev–Trinajstić information content (AvgIpc) is 2.87. The van der Waals surface area contributed by atoms with Gasteiger partial charge < -0.3 is 20.1 Å². The van der Waals surface area contributed by atoms with E-state index < -0.39 is 11.4 Å². The highest BCUT2D eigenvalue weighted by Crippen LogP contribution is 2.41. The SMILES string of the molecule is Cc1cc(C)cc(NC(=O)N2C[C@@H]3CCOC[C@]3(C(=O)O)C2)c1. The molecule has 0 aromatic heterocycles. The highest BCUT2D eigenvalue weighted by Gasteiger charge is 2.55. The maximum atomic E-state index is 12.5. The second kappa shape index (κ2) is 5.85. The summed E-state index contributed by atoms with van der Waals surface area (Å²) in [7, 11) is 0. The van der Waals surface area contributed by atoms with E-state index in [0.717, 1.165) is 16.8 Å². The number of amides is 2. The second-order valence-electron chi connectivity index (χ2n) is 6.69. The molecular weight excluding hydrogens is 296 g/mol. The maximum Gasteiger partial charge on any atom is 0.321 e. The van der Waals surface area contributed by atoms with Gasteiger partial charge in [0.1, 0.15) is 5.41 Å². The smallest absolute Gasteiger partial charge is 0.321 e. The zero-order valence-electron chi connectivity index (χ0n) is 13.5. The number of anilines is 1. The first kappa shape index (κ1) is 15.8. The lowest BCUT2D eigenvalue weighted by Gasteiger charge is -2.33. The molecule has 2 heterocycles. The molecule has 0 saturated carbocycles. The number of fused-ring (bicyclic) bond motifs is 1. The Balaban J connectivity index is 1.75. The molecule has 1 aromatic rings. The van der Waals surface area contributed by atoms with Gasteiger partial charge in [0.15, 0.2) is 0 Å². The quantitative estimate of drug-likeness (QED) is 0.876. The number of rotatable bonds is 2. The topological polar surface area (TPSA) is 78.9 Å². The Morgan fingerprint density at radius 2 is 2.00 bits per heavy atom. The van der Waals surface area contributed by atoms with Crippen LogP contribution in [0.25, 0.3) is 0 Å². The van der Waals surface area contributed by atoms with Crippen LogP contribution < -0.4 is 5.32 Å². The van der Waals surface area contributed by atoms with Crippen LogP contribution >= 0.6 is 0 Å². The van der Waals surface area contributed by atoms with Crippen molar-refractivity contribution in [2.45, 2.75) is 20.3 Å². The summed E-state index contributed by atoms with van der Waals surface area (Å²) in [5, 5.41) is 12.5. The van der Waals surface area contributed by atoms with Gasteiger partial charge in [-0.25, -0.2) is 4.79 Å². The van der Waals surface area contributed by atoms with Crippen LogP contribution in [0.1, 0.15) is 17.5 Å².